The first-order valence-electron chi connectivity index (χ1n) is 7.73. The van der Waals surface area contributed by atoms with E-state index in [1.807, 2.05) is 32.0 Å². The van der Waals surface area contributed by atoms with E-state index in [-0.39, 0.29) is 17.9 Å². The molecule has 5 heteroatoms. The van der Waals surface area contributed by atoms with Gasteiger partial charge in [-0.2, -0.15) is 0 Å². The van der Waals surface area contributed by atoms with Gasteiger partial charge in [0.15, 0.2) is 5.78 Å². The molecule has 0 aliphatic rings. The second-order valence-corrected chi connectivity index (χ2v) is 5.70. The summed E-state index contributed by atoms with van der Waals surface area (Å²) >= 11 is 0. The molecule has 0 aliphatic heterocycles. The summed E-state index contributed by atoms with van der Waals surface area (Å²) in [6.45, 7) is 5.40. The first-order valence-corrected chi connectivity index (χ1v) is 7.73. The summed E-state index contributed by atoms with van der Waals surface area (Å²) in [5.41, 5.74) is 3.25. The van der Waals surface area contributed by atoms with Gasteiger partial charge in [-0.3, -0.25) is 4.79 Å². The summed E-state index contributed by atoms with van der Waals surface area (Å²) < 4.78 is 5.35. The molecule has 2 aromatic rings. The number of carbonyl (C=O) groups excluding carboxylic acids is 2. The van der Waals surface area contributed by atoms with Crippen molar-refractivity contribution in [2.75, 3.05) is 12.4 Å². The summed E-state index contributed by atoms with van der Waals surface area (Å²) in [5.74, 6) is 0.727. The average molecular weight is 326 g/mol. The van der Waals surface area contributed by atoms with Crippen molar-refractivity contribution >= 4 is 17.5 Å². The molecule has 0 bridgehead atoms. The predicted octanol–water partition coefficient (Wildman–Crippen LogP) is 4.09. The van der Waals surface area contributed by atoms with Gasteiger partial charge in [0, 0.05) is 16.8 Å². The summed E-state index contributed by atoms with van der Waals surface area (Å²) in [6.07, 6.45) is 0. The number of urea groups is 1. The minimum absolute atomic E-state index is 0.00818. The highest BCUT2D eigenvalue weighted by molar-refractivity contribution is 5.95. The number of hydrogen-bond donors (Lipinski definition) is 2. The Kier molecular flexibility index (Phi) is 5.58. The number of aryl methyl sites for hydroxylation is 1. The lowest BCUT2D eigenvalue weighted by molar-refractivity contribution is 0.101. The standard InChI is InChI=1S/C19H22N2O3/c1-12-5-10-18(24-4)17(11-12)13(2)20-19(23)21-16-8-6-15(7-9-16)14(3)22/h5-11,13H,1-4H3,(H2,20,21,23). The maximum absolute atomic E-state index is 12.2. The number of benzene rings is 2. The van der Waals surface area contributed by atoms with Crippen LogP contribution in [0.1, 0.15) is 41.4 Å². The van der Waals surface area contributed by atoms with Gasteiger partial charge < -0.3 is 15.4 Å². The molecule has 0 aromatic heterocycles. The number of ether oxygens (including phenoxy) is 1. The van der Waals surface area contributed by atoms with Crippen molar-refractivity contribution in [3.63, 3.8) is 0 Å². The number of methoxy groups -OCH3 is 1. The number of amides is 2. The SMILES string of the molecule is COc1ccc(C)cc1C(C)NC(=O)Nc1ccc(C(C)=O)cc1. The monoisotopic (exact) mass is 326 g/mol. The van der Waals surface area contributed by atoms with E-state index in [0.717, 1.165) is 16.9 Å². The number of rotatable bonds is 5. The van der Waals surface area contributed by atoms with Crippen molar-refractivity contribution in [3.05, 3.63) is 59.2 Å². The Bertz CT molecular complexity index is 739. The van der Waals surface area contributed by atoms with Crippen LogP contribution in [0, 0.1) is 6.92 Å². The minimum atomic E-state index is -0.318. The molecule has 126 valence electrons. The van der Waals surface area contributed by atoms with Crippen LogP contribution in [-0.2, 0) is 0 Å². The minimum Gasteiger partial charge on any atom is -0.496 e. The highest BCUT2D eigenvalue weighted by Crippen LogP contribution is 2.26. The number of nitrogens with one attached hydrogen (secondary N) is 2. The fourth-order valence-corrected chi connectivity index (χ4v) is 2.42. The number of carbonyl (C=O) groups is 2. The van der Waals surface area contributed by atoms with Crippen molar-refractivity contribution in [2.24, 2.45) is 0 Å². The Morgan fingerprint density at radius 1 is 1.08 bits per heavy atom. The zero-order valence-electron chi connectivity index (χ0n) is 14.3. The van der Waals surface area contributed by atoms with Gasteiger partial charge in [0.2, 0.25) is 0 Å². The molecule has 5 nitrogen and oxygen atoms in total. The van der Waals surface area contributed by atoms with E-state index >= 15 is 0 Å². The Morgan fingerprint density at radius 3 is 2.33 bits per heavy atom. The van der Waals surface area contributed by atoms with Gasteiger partial charge in [0.1, 0.15) is 5.75 Å². The molecular weight excluding hydrogens is 304 g/mol. The summed E-state index contributed by atoms with van der Waals surface area (Å²) in [6, 6.07) is 12.1. The van der Waals surface area contributed by atoms with Crippen molar-refractivity contribution in [1.29, 1.82) is 0 Å². The second kappa shape index (κ2) is 7.64. The topological polar surface area (TPSA) is 67.4 Å². The molecule has 0 spiro atoms. The molecule has 1 unspecified atom stereocenters. The van der Waals surface area contributed by atoms with Crippen molar-refractivity contribution in [2.45, 2.75) is 26.8 Å². The zero-order valence-corrected chi connectivity index (χ0v) is 14.3. The normalized spacial score (nSPS) is 11.5. The molecule has 2 N–H and O–H groups in total. The van der Waals surface area contributed by atoms with Gasteiger partial charge in [-0.1, -0.05) is 17.7 Å². The fourth-order valence-electron chi connectivity index (χ4n) is 2.42. The highest BCUT2D eigenvalue weighted by Gasteiger charge is 2.14. The van der Waals surface area contributed by atoms with E-state index in [1.165, 1.54) is 6.92 Å². The van der Waals surface area contributed by atoms with Gasteiger partial charge >= 0.3 is 6.03 Å². The lowest BCUT2D eigenvalue weighted by atomic mass is 10.0. The van der Waals surface area contributed by atoms with E-state index < -0.39 is 0 Å². The van der Waals surface area contributed by atoms with Crippen LogP contribution in [0.5, 0.6) is 5.75 Å². The molecule has 2 aromatic carbocycles. The van der Waals surface area contributed by atoms with Crippen molar-refractivity contribution in [1.82, 2.24) is 5.32 Å². The largest absolute Gasteiger partial charge is 0.496 e. The molecule has 0 fully saturated rings. The molecule has 0 heterocycles. The van der Waals surface area contributed by atoms with Crippen LogP contribution in [0.4, 0.5) is 10.5 Å². The van der Waals surface area contributed by atoms with Crippen molar-refractivity contribution in [3.8, 4) is 5.75 Å². The average Bonchev–Trinajstić information content (AvgIpc) is 2.55. The molecule has 2 amide bonds. The van der Waals surface area contributed by atoms with Gasteiger partial charge in [0.05, 0.1) is 13.2 Å². The van der Waals surface area contributed by atoms with Gasteiger partial charge in [-0.05, 0) is 51.1 Å². The van der Waals surface area contributed by atoms with Crippen LogP contribution in [0.15, 0.2) is 42.5 Å². The molecule has 24 heavy (non-hydrogen) atoms. The zero-order chi connectivity index (χ0) is 17.7. The number of hydrogen-bond acceptors (Lipinski definition) is 3. The molecule has 2 rings (SSSR count). The Hall–Kier alpha value is -2.82. The van der Waals surface area contributed by atoms with E-state index in [4.69, 9.17) is 4.74 Å². The van der Waals surface area contributed by atoms with Crippen LogP contribution in [-0.4, -0.2) is 18.9 Å². The van der Waals surface area contributed by atoms with Crippen LogP contribution >= 0.6 is 0 Å². The molecule has 0 aliphatic carbocycles. The van der Waals surface area contributed by atoms with Crippen molar-refractivity contribution < 1.29 is 14.3 Å². The summed E-state index contributed by atoms with van der Waals surface area (Å²) in [7, 11) is 1.61. The molecule has 0 saturated heterocycles. The van der Waals surface area contributed by atoms with Crippen LogP contribution in [0.2, 0.25) is 0 Å². The van der Waals surface area contributed by atoms with E-state index in [2.05, 4.69) is 10.6 Å². The Labute approximate surface area is 142 Å². The van der Waals surface area contributed by atoms with Crippen LogP contribution in [0.3, 0.4) is 0 Å². The molecule has 0 radical (unpaired) electrons. The lowest BCUT2D eigenvalue weighted by Gasteiger charge is -2.18. The maximum atomic E-state index is 12.2. The van der Waals surface area contributed by atoms with Gasteiger partial charge in [0.25, 0.3) is 0 Å². The first kappa shape index (κ1) is 17.5. The second-order valence-electron chi connectivity index (χ2n) is 5.70. The maximum Gasteiger partial charge on any atom is 0.319 e. The highest BCUT2D eigenvalue weighted by atomic mass is 16.5. The van der Waals surface area contributed by atoms with E-state index in [0.29, 0.717) is 11.3 Å². The molecule has 0 saturated carbocycles. The van der Waals surface area contributed by atoms with E-state index in [1.54, 1.807) is 31.4 Å². The van der Waals surface area contributed by atoms with Crippen LogP contribution < -0.4 is 15.4 Å². The Balaban J connectivity index is 2.04. The smallest absolute Gasteiger partial charge is 0.319 e. The predicted molar refractivity (Wildman–Crippen MR) is 94.7 cm³/mol. The molecular formula is C19H22N2O3. The Morgan fingerprint density at radius 2 is 1.75 bits per heavy atom. The third-order valence-electron chi connectivity index (χ3n) is 3.75. The van der Waals surface area contributed by atoms with E-state index in [9.17, 15) is 9.59 Å². The van der Waals surface area contributed by atoms with Gasteiger partial charge in [-0.25, -0.2) is 4.79 Å². The quantitative estimate of drug-likeness (QED) is 0.813. The van der Waals surface area contributed by atoms with Crippen LogP contribution in [0.25, 0.3) is 0 Å². The number of Topliss-reactive ketones (excluding diaryl/α,β-unsaturated/α-hetero) is 1. The number of ketones is 1. The summed E-state index contributed by atoms with van der Waals surface area (Å²) in [4.78, 5) is 23.4. The lowest BCUT2D eigenvalue weighted by Crippen LogP contribution is -2.31. The molecule has 1 atom stereocenters. The third kappa shape index (κ3) is 4.35. The van der Waals surface area contributed by atoms with Gasteiger partial charge in [-0.15, -0.1) is 0 Å². The number of anilines is 1. The third-order valence-corrected chi connectivity index (χ3v) is 3.75. The first-order chi connectivity index (χ1) is 11.4. The fraction of sp³-hybridized carbons (Fsp3) is 0.263. The summed E-state index contributed by atoms with van der Waals surface area (Å²) in [5, 5.41) is 5.65.